The first-order chi connectivity index (χ1) is 23.8. The average Bonchev–Trinajstić information content (AvgIpc) is 3.69. The molecule has 0 fully saturated rings. The summed E-state index contributed by atoms with van der Waals surface area (Å²) in [5.74, 6) is 0.653. The maximum atomic E-state index is 5.23. The van der Waals surface area contributed by atoms with Gasteiger partial charge in [-0.05, 0) is 41.8 Å². The van der Waals surface area contributed by atoms with Crippen LogP contribution in [0.15, 0.2) is 170 Å². The van der Waals surface area contributed by atoms with E-state index in [1.165, 1.54) is 43.4 Å². The van der Waals surface area contributed by atoms with E-state index in [0.717, 1.165) is 39.2 Å². The molecule has 10 rings (SSSR count). The molecule has 0 aliphatic rings. The normalized spacial score (nSPS) is 11.8. The van der Waals surface area contributed by atoms with Crippen LogP contribution in [0.1, 0.15) is 0 Å². The molecule has 4 heteroatoms. The van der Waals surface area contributed by atoms with Crippen molar-refractivity contribution < 1.29 is 0 Å². The van der Waals surface area contributed by atoms with Gasteiger partial charge in [0.15, 0.2) is 0 Å². The van der Waals surface area contributed by atoms with Crippen LogP contribution in [0, 0.1) is 0 Å². The largest absolute Gasteiger partial charge is 0.309 e. The molecule has 0 radical (unpaired) electrons. The molecule has 0 unspecified atom stereocenters. The van der Waals surface area contributed by atoms with Crippen LogP contribution in [-0.2, 0) is 0 Å². The van der Waals surface area contributed by atoms with Crippen LogP contribution in [0.2, 0.25) is 0 Å². The molecule has 48 heavy (non-hydrogen) atoms. The zero-order chi connectivity index (χ0) is 31.6. The van der Waals surface area contributed by atoms with E-state index in [2.05, 4.69) is 167 Å². The summed E-state index contributed by atoms with van der Waals surface area (Å²) in [5, 5.41) is 7.29. The fourth-order valence-electron chi connectivity index (χ4n) is 7.44. The van der Waals surface area contributed by atoms with Crippen LogP contribution in [0.3, 0.4) is 0 Å². The van der Waals surface area contributed by atoms with Gasteiger partial charge in [-0.3, -0.25) is 4.57 Å². The van der Waals surface area contributed by atoms with Crippen molar-refractivity contribution in [3.05, 3.63) is 170 Å². The third-order valence-electron chi connectivity index (χ3n) is 9.53. The molecule has 4 nitrogen and oxygen atoms in total. The van der Waals surface area contributed by atoms with Gasteiger partial charge in [0.1, 0.15) is 0 Å². The zero-order valence-corrected chi connectivity index (χ0v) is 26.0. The summed E-state index contributed by atoms with van der Waals surface area (Å²) >= 11 is 0. The maximum Gasteiger partial charge on any atom is 0.235 e. The predicted octanol–water partition coefficient (Wildman–Crippen LogP) is 11.2. The van der Waals surface area contributed by atoms with Crippen molar-refractivity contribution in [3.8, 4) is 34.2 Å². The van der Waals surface area contributed by atoms with Gasteiger partial charge in [-0.15, -0.1) is 0 Å². The molecule has 0 N–H and O–H groups in total. The number of nitrogens with zero attached hydrogens (tertiary/aromatic N) is 4. The van der Waals surface area contributed by atoms with Gasteiger partial charge in [0, 0.05) is 43.7 Å². The quantitative estimate of drug-likeness (QED) is 0.198. The summed E-state index contributed by atoms with van der Waals surface area (Å²) < 4.78 is 4.65. The van der Waals surface area contributed by atoms with E-state index < -0.39 is 0 Å². The first kappa shape index (κ1) is 26.7. The van der Waals surface area contributed by atoms with Crippen LogP contribution < -0.4 is 0 Å². The number of hydrogen-bond donors (Lipinski definition) is 0. The molecule has 3 aromatic heterocycles. The molecule has 0 spiro atoms. The number of fused-ring (bicyclic) bond motifs is 9. The molecule has 0 aliphatic heterocycles. The van der Waals surface area contributed by atoms with E-state index >= 15 is 0 Å². The minimum atomic E-state index is 0.653. The van der Waals surface area contributed by atoms with E-state index in [4.69, 9.17) is 9.97 Å². The lowest BCUT2D eigenvalue weighted by Crippen LogP contribution is -2.04. The van der Waals surface area contributed by atoms with E-state index in [1.54, 1.807) is 0 Å². The summed E-state index contributed by atoms with van der Waals surface area (Å²) in [4.78, 5) is 10.5. The van der Waals surface area contributed by atoms with Gasteiger partial charge in [0.05, 0.1) is 33.5 Å². The first-order valence-corrected chi connectivity index (χ1v) is 16.3. The molecule has 0 atom stereocenters. The predicted molar refractivity (Wildman–Crippen MR) is 199 cm³/mol. The van der Waals surface area contributed by atoms with E-state index in [9.17, 15) is 0 Å². The van der Waals surface area contributed by atoms with E-state index in [-0.39, 0.29) is 0 Å². The van der Waals surface area contributed by atoms with Crippen LogP contribution in [-0.4, -0.2) is 19.1 Å². The third-order valence-corrected chi connectivity index (χ3v) is 9.53. The third kappa shape index (κ3) is 3.96. The number of para-hydroxylation sites is 3. The lowest BCUT2D eigenvalue weighted by molar-refractivity contribution is 0.996. The van der Waals surface area contributed by atoms with Gasteiger partial charge < -0.3 is 4.57 Å². The molecule has 10 aromatic rings. The Hall–Kier alpha value is -6.52. The van der Waals surface area contributed by atoms with Crippen LogP contribution in [0.5, 0.6) is 0 Å². The molecular weight excluding hydrogens is 585 g/mol. The summed E-state index contributed by atoms with van der Waals surface area (Å²) in [5.41, 5.74) is 9.61. The number of rotatable bonds is 4. The standard InChI is InChI=1S/C44H28N4/c1-4-14-29(15-5-1)37-28-38(30-16-6-2-7-17-30)46-44(45-37)48-40-23-13-11-21-36(40)42-33-24-25-34-32-20-10-12-22-39(32)47(31-18-8-3-9-19-31)43(34)35(33)26-27-41(42)48/h1-28H. The Kier molecular flexibility index (Phi) is 5.84. The van der Waals surface area contributed by atoms with Gasteiger partial charge in [-0.2, -0.15) is 0 Å². The zero-order valence-electron chi connectivity index (χ0n) is 26.0. The summed E-state index contributed by atoms with van der Waals surface area (Å²) in [6.45, 7) is 0. The second-order valence-corrected chi connectivity index (χ2v) is 12.2. The molecule has 0 bridgehead atoms. The van der Waals surface area contributed by atoms with Gasteiger partial charge in [0.2, 0.25) is 5.95 Å². The fraction of sp³-hybridized carbons (Fsp3) is 0. The minimum absolute atomic E-state index is 0.653. The highest BCUT2D eigenvalue weighted by atomic mass is 15.2. The van der Waals surface area contributed by atoms with E-state index in [0.29, 0.717) is 5.95 Å². The van der Waals surface area contributed by atoms with E-state index in [1.807, 2.05) is 12.1 Å². The summed E-state index contributed by atoms with van der Waals surface area (Å²) in [6, 6.07) is 60.0. The number of benzene rings is 7. The molecule has 0 amide bonds. The summed E-state index contributed by atoms with van der Waals surface area (Å²) in [7, 11) is 0. The molecular formula is C44H28N4. The first-order valence-electron chi connectivity index (χ1n) is 16.3. The summed E-state index contributed by atoms with van der Waals surface area (Å²) in [6.07, 6.45) is 0. The Balaban J connectivity index is 1.32. The lowest BCUT2D eigenvalue weighted by atomic mass is 10.0. The van der Waals surface area contributed by atoms with Gasteiger partial charge in [-0.25, -0.2) is 9.97 Å². The molecule has 3 heterocycles. The minimum Gasteiger partial charge on any atom is -0.309 e. The SMILES string of the molecule is c1ccc(-c2cc(-c3ccccc3)nc(-n3c4ccccc4c4c5ccc6c7ccccc7n(-c7ccccc7)c6c5ccc43)n2)cc1. The van der Waals surface area contributed by atoms with Gasteiger partial charge in [-0.1, -0.05) is 133 Å². The van der Waals surface area contributed by atoms with Crippen molar-refractivity contribution in [1.29, 1.82) is 0 Å². The average molecular weight is 613 g/mol. The van der Waals surface area contributed by atoms with Crippen molar-refractivity contribution in [2.75, 3.05) is 0 Å². The highest BCUT2D eigenvalue weighted by Gasteiger charge is 2.21. The Bertz CT molecular complexity index is 2760. The number of hydrogen-bond acceptors (Lipinski definition) is 2. The van der Waals surface area contributed by atoms with Crippen LogP contribution in [0.25, 0.3) is 88.5 Å². The Morgan fingerprint density at radius 1 is 0.354 bits per heavy atom. The van der Waals surface area contributed by atoms with Crippen molar-refractivity contribution in [3.63, 3.8) is 0 Å². The van der Waals surface area contributed by atoms with Crippen molar-refractivity contribution in [2.45, 2.75) is 0 Å². The highest BCUT2D eigenvalue weighted by Crippen LogP contribution is 2.42. The smallest absolute Gasteiger partial charge is 0.235 e. The maximum absolute atomic E-state index is 5.23. The molecule has 0 saturated carbocycles. The highest BCUT2D eigenvalue weighted by molar-refractivity contribution is 6.27. The second-order valence-electron chi connectivity index (χ2n) is 12.2. The Morgan fingerprint density at radius 3 is 1.52 bits per heavy atom. The molecule has 0 aliphatic carbocycles. The molecule has 0 saturated heterocycles. The fourth-order valence-corrected chi connectivity index (χ4v) is 7.44. The topological polar surface area (TPSA) is 35.6 Å². The monoisotopic (exact) mass is 612 g/mol. The van der Waals surface area contributed by atoms with Crippen molar-refractivity contribution in [2.24, 2.45) is 0 Å². The molecule has 7 aromatic carbocycles. The Morgan fingerprint density at radius 2 is 0.854 bits per heavy atom. The van der Waals surface area contributed by atoms with Crippen LogP contribution >= 0.6 is 0 Å². The van der Waals surface area contributed by atoms with Gasteiger partial charge >= 0.3 is 0 Å². The Labute approximate surface area is 276 Å². The van der Waals surface area contributed by atoms with Crippen LogP contribution in [0.4, 0.5) is 0 Å². The van der Waals surface area contributed by atoms with Crippen molar-refractivity contribution in [1.82, 2.24) is 19.1 Å². The van der Waals surface area contributed by atoms with Crippen molar-refractivity contribution >= 4 is 54.4 Å². The second kappa shape index (κ2) is 10.5. The number of aromatic nitrogens is 4. The molecule has 224 valence electrons. The van der Waals surface area contributed by atoms with Gasteiger partial charge in [0.25, 0.3) is 0 Å². The lowest BCUT2D eigenvalue weighted by Gasteiger charge is -2.12.